The number of rotatable bonds is 3. The second-order valence-corrected chi connectivity index (χ2v) is 4.05. The van der Waals surface area contributed by atoms with Crippen molar-refractivity contribution in [3.05, 3.63) is 47.3 Å². The lowest BCUT2D eigenvalue weighted by Crippen LogP contribution is -2.23. The number of alkyl halides is 3. The van der Waals surface area contributed by atoms with E-state index in [4.69, 9.17) is 0 Å². The Bertz CT molecular complexity index is 604. The van der Waals surface area contributed by atoms with E-state index >= 15 is 0 Å². The molecule has 7 heteroatoms. The van der Waals surface area contributed by atoms with Gasteiger partial charge in [0.1, 0.15) is 0 Å². The third kappa shape index (κ3) is 2.98. The summed E-state index contributed by atoms with van der Waals surface area (Å²) in [5.74, 6) is -1.98. The van der Waals surface area contributed by atoms with Crippen LogP contribution in [-0.2, 0) is 6.54 Å². The van der Waals surface area contributed by atoms with Gasteiger partial charge in [-0.25, -0.2) is 4.68 Å². The Morgan fingerprint density at radius 3 is 2.63 bits per heavy atom. The van der Waals surface area contributed by atoms with E-state index in [0.717, 1.165) is 17.3 Å². The fourth-order valence-electron chi connectivity index (χ4n) is 1.59. The Balaban J connectivity index is 2.19. The number of Topliss-reactive ketones (excluding diaryl/α,β-unsaturated/α-hetero) is 1. The van der Waals surface area contributed by atoms with Crippen molar-refractivity contribution in [2.45, 2.75) is 19.6 Å². The Hall–Kier alpha value is -2.18. The molecule has 0 unspecified atom stereocenters. The molecule has 0 aliphatic heterocycles. The molecule has 1 aromatic carbocycles. The molecule has 1 aromatic heterocycles. The van der Waals surface area contributed by atoms with Gasteiger partial charge in [-0.1, -0.05) is 29.5 Å². The maximum atomic E-state index is 12.2. The molecule has 2 aromatic rings. The van der Waals surface area contributed by atoms with E-state index in [1.165, 1.54) is 4.68 Å². The first-order chi connectivity index (χ1) is 8.88. The monoisotopic (exact) mass is 269 g/mol. The topological polar surface area (TPSA) is 47.8 Å². The molecule has 0 aliphatic rings. The fraction of sp³-hybridized carbons (Fsp3) is 0.250. The molecule has 100 valence electrons. The molecular formula is C12H10F3N3O. The zero-order chi connectivity index (χ0) is 14.0. The van der Waals surface area contributed by atoms with Gasteiger partial charge in [-0.3, -0.25) is 4.79 Å². The molecule has 0 saturated heterocycles. The van der Waals surface area contributed by atoms with E-state index in [0.29, 0.717) is 0 Å². The summed E-state index contributed by atoms with van der Waals surface area (Å²) < 4.78 is 37.8. The third-order valence-corrected chi connectivity index (χ3v) is 2.62. The van der Waals surface area contributed by atoms with Crippen molar-refractivity contribution in [3.8, 4) is 0 Å². The van der Waals surface area contributed by atoms with Gasteiger partial charge in [0.2, 0.25) is 0 Å². The number of carbonyl (C=O) groups is 1. The van der Waals surface area contributed by atoms with E-state index < -0.39 is 17.7 Å². The number of benzene rings is 1. The summed E-state index contributed by atoms with van der Waals surface area (Å²) in [4.78, 5) is 11.0. The highest BCUT2D eigenvalue weighted by Crippen LogP contribution is 2.20. The number of carbonyl (C=O) groups excluding carboxylic acids is 1. The first-order valence-electron chi connectivity index (χ1n) is 5.44. The van der Waals surface area contributed by atoms with E-state index in [1.54, 1.807) is 0 Å². The van der Waals surface area contributed by atoms with Crippen LogP contribution in [0.25, 0.3) is 0 Å². The van der Waals surface area contributed by atoms with Gasteiger partial charge in [0, 0.05) is 0 Å². The first-order valence-corrected chi connectivity index (χ1v) is 5.44. The maximum Gasteiger partial charge on any atom is 0.456 e. The zero-order valence-corrected chi connectivity index (χ0v) is 9.98. The Kier molecular flexibility index (Phi) is 3.37. The van der Waals surface area contributed by atoms with E-state index in [1.807, 2.05) is 31.2 Å². The number of aryl methyl sites for hydroxylation is 1. The fourth-order valence-corrected chi connectivity index (χ4v) is 1.59. The summed E-state index contributed by atoms with van der Waals surface area (Å²) in [6, 6.07) is 7.40. The minimum Gasteiger partial charge on any atom is -0.282 e. The number of halogens is 3. The van der Waals surface area contributed by atoms with Crippen LogP contribution in [0.4, 0.5) is 13.2 Å². The van der Waals surface area contributed by atoms with E-state index in [9.17, 15) is 18.0 Å². The van der Waals surface area contributed by atoms with Crippen LogP contribution >= 0.6 is 0 Å². The summed E-state index contributed by atoms with van der Waals surface area (Å²) in [5.41, 5.74) is 1.20. The van der Waals surface area contributed by atoms with Crippen LogP contribution in [-0.4, -0.2) is 27.0 Å². The average Bonchev–Trinajstić information content (AvgIpc) is 2.78. The second kappa shape index (κ2) is 4.83. The predicted molar refractivity (Wildman–Crippen MR) is 60.7 cm³/mol. The predicted octanol–water partition coefficient (Wildman–Crippen LogP) is 2.38. The lowest BCUT2D eigenvalue weighted by atomic mass is 10.1. The third-order valence-electron chi connectivity index (χ3n) is 2.62. The highest BCUT2D eigenvalue weighted by atomic mass is 19.4. The lowest BCUT2D eigenvalue weighted by molar-refractivity contribution is -0.0888. The van der Waals surface area contributed by atoms with Crippen LogP contribution in [0.5, 0.6) is 0 Å². The smallest absolute Gasteiger partial charge is 0.282 e. The van der Waals surface area contributed by atoms with Gasteiger partial charge in [-0.2, -0.15) is 13.2 Å². The van der Waals surface area contributed by atoms with Gasteiger partial charge in [-0.05, 0) is 18.1 Å². The highest BCUT2D eigenvalue weighted by molar-refractivity contribution is 5.98. The van der Waals surface area contributed by atoms with Gasteiger partial charge in [0.25, 0.3) is 5.78 Å². The van der Waals surface area contributed by atoms with Crippen molar-refractivity contribution in [3.63, 3.8) is 0 Å². The molecule has 4 nitrogen and oxygen atoms in total. The van der Waals surface area contributed by atoms with Crippen molar-refractivity contribution in [2.75, 3.05) is 0 Å². The molecule has 0 radical (unpaired) electrons. The molecule has 0 aliphatic carbocycles. The molecule has 0 fully saturated rings. The molecule has 0 spiro atoms. The normalized spacial score (nSPS) is 11.6. The van der Waals surface area contributed by atoms with Crippen molar-refractivity contribution < 1.29 is 18.0 Å². The minimum absolute atomic E-state index is 0.269. The van der Waals surface area contributed by atoms with Gasteiger partial charge >= 0.3 is 6.18 Å². The van der Waals surface area contributed by atoms with Crippen LogP contribution in [0.1, 0.15) is 21.6 Å². The Morgan fingerprint density at radius 1 is 1.32 bits per heavy atom. The lowest BCUT2D eigenvalue weighted by Gasteiger charge is -2.04. The maximum absolute atomic E-state index is 12.2. The van der Waals surface area contributed by atoms with Gasteiger partial charge in [-0.15, -0.1) is 5.10 Å². The molecule has 0 saturated carbocycles. The minimum atomic E-state index is -4.93. The Labute approximate surface area is 106 Å². The van der Waals surface area contributed by atoms with Crippen LogP contribution in [0.2, 0.25) is 0 Å². The number of aromatic nitrogens is 3. The van der Waals surface area contributed by atoms with Crippen molar-refractivity contribution in [2.24, 2.45) is 0 Å². The summed E-state index contributed by atoms with van der Waals surface area (Å²) >= 11 is 0. The van der Waals surface area contributed by atoms with E-state index in [-0.39, 0.29) is 6.54 Å². The molecule has 0 bridgehead atoms. The average molecular weight is 269 g/mol. The number of hydrogen-bond acceptors (Lipinski definition) is 3. The highest BCUT2D eigenvalue weighted by Gasteiger charge is 2.41. The SMILES string of the molecule is Cc1ccccc1Cn1cc(C(=O)C(F)(F)F)nn1. The number of hydrogen-bond donors (Lipinski definition) is 0. The zero-order valence-electron chi connectivity index (χ0n) is 9.98. The molecule has 0 N–H and O–H groups in total. The molecular weight excluding hydrogens is 259 g/mol. The quantitative estimate of drug-likeness (QED) is 0.804. The molecule has 0 atom stereocenters. The largest absolute Gasteiger partial charge is 0.456 e. The van der Waals surface area contributed by atoms with E-state index in [2.05, 4.69) is 10.3 Å². The van der Waals surface area contributed by atoms with Crippen LogP contribution < -0.4 is 0 Å². The summed E-state index contributed by atoms with van der Waals surface area (Å²) in [5, 5.41) is 6.78. The summed E-state index contributed by atoms with van der Waals surface area (Å²) in [7, 11) is 0. The first kappa shape index (κ1) is 13.3. The number of nitrogens with zero attached hydrogens (tertiary/aromatic N) is 3. The summed E-state index contributed by atoms with van der Waals surface area (Å²) in [6.45, 7) is 2.15. The van der Waals surface area contributed by atoms with Crippen molar-refractivity contribution in [1.82, 2.24) is 15.0 Å². The molecule has 1 heterocycles. The van der Waals surface area contributed by atoms with Crippen LogP contribution in [0.15, 0.2) is 30.5 Å². The molecule has 0 amide bonds. The van der Waals surface area contributed by atoms with Gasteiger partial charge < -0.3 is 0 Å². The number of ketones is 1. The molecule has 2 rings (SSSR count). The van der Waals surface area contributed by atoms with Gasteiger partial charge in [0.05, 0.1) is 12.7 Å². The molecule has 19 heavy (non-hydrogen) atoms. The second-order valence-electron chi connectivity index (χ2n) is 4.05. The van der Waals surface area contributed by atoms with Gasteiger partial charge in [0.15, 0.2) is 5.69 Å². The van der Waals surface area contributed by atoms with Crippen molar-refractivity contribution >= 4 is 5.78 Å². The standard InChI is InChI=1S/C12H10F3N3O/c1-8-4-2-3-5-9(8)6-18-7-10(16-17-18)11(19)12(13,14)15/h2-5,7H,6H2,1H3. The van der Waals surface area contributed by atoms with Crippen LogP contribution in [0, 0.1) is 6.92 Å². The summed E-state index contributed by atoms with van der Waals surface area (Å²) in [6.07, 6.45) is -3.92. The Morgan fingerprint density at radius 2 is 2.00 bits per heavy atom. The van der Waals surface area contributed by atoms with Crippen LogP contribution in [0.3, 0.4) is 0 Å². The van der Waals surface area contributed by atoms with Crippen molar-refractivity contribution in [1.29, 1.82) is 0 Å².